The molecule has 0 atom stereocenters. The van der Waals surface area contributed by atoms with Crippen molar-refractivity contribution in [3.63, 3.8) is 0 Å². The van der Waals surface area contributed by atoms with Crippen molar-refractivity contribution in [2.75, 3.05) is 0 Å². The average molecular weight is 658 g/mol. The normalized spacial score (nSPS) is 12.9. The van der Waals surface area contributed by atoms with E-state index >= 15 is 0 Å². The Morgan fingerprint density at radius 3 is 1.96 bits per heavy atom. The van der Waals surface area contributed by atoms with E-state index in [-0.39, 0.29) is 0 Å². The van der Waals surface area contributed by atoms with Crippen LogP contribution in [0, 0.1) is 0 Å². The molecule has 6 aromatic carbocycles. The third-order valence-corrected chi connectivity index (χ3v) is 10.0. The lowest BCUT2D eigenvalue weighted by molar-refractivity contribution is 0.595. The third kappa shape index (κ3) is 4.40. The first kappa shape index (κ1) is 28.1. The molecule has 10 aromatic rings. The Bertz CT molecular complexity index is 3040. The fourth-order valence-electron chi connectivity index (χ4n) is 7.62. The predicted molar refractivity (Wildman–Crippen MR) is 203 cm³/mol. The molecule has 4 aromatic heterocycles. The van der Waals surface area contributed by atoms with Crippen molar-refractivity contribution in [2.45, 2.75) is 12.8 Å². The second-order valence-corrected chi connectivity index (χ2v) is 13.0. The number of rotatable bonds is 4. The Balaban J connectivity index is 1.07. The van der Waals surface area contributed by atoms with Crippen molar-refractivity contribution in [3.05, 3.63) is 145 Å². The number of hydrogen-bond acceptors (Lipinski definition) is 6. The predicted octanol–water partition coefficient (Wildman–Crippen LogP) is 12.0. The minimum Gasteiger partial charge on any atom is -0.456 e. The molecule has 0 amide bonds. The van der Waals surface area contributed by atoms with Crippen molar-refractivity contribution in [3.8, 4) is 45.3 Å². The quantitative estimate of drug-likeness (QED) is 0.187. The molecule has 6 heteroatoms. The SMILES string of the molecule is C1=Cc2oc3cc(-c4nc(-c5ccccc5)nc(-c5ccc6c(c5)oc5c(-c7cccc8oc9ccccc9c78)cccc56)n4)ccc3c2CC1. The first-order valence-corrected chi connectivity index (χ1v) is 17.2. The fraction of sp³-hybridized carbons (Fsp3) is 0.0444. The number of hydrogen-bond donors (Lipinski definition) is 0. The maximum Gasteiger partial charge on any atom is 0.164 e. The van der Waals surface area contributed by atoms with Crippen LogP contribution < -0.4 is 0 Å². The molecule has 0 saturated carbocycles. The van der Waals surface area contributed by atoms with Gasteiger partial charge in [0.2, 0.25) is 0 Å². The second kappa shape index (κ2) is 10.9. The van der Waals surface area contributed by atoms with Crippen molar-refractivity contribution in [2.24, 2.45) is 0 Å². The van der Waals surface area contributed by atoms with Gasteiger partial charge in [0.1, 0.15) is 33.7 Å². The molecular formula is C45H27N3O3. The number of aryl methyl sites for hydroxylation is 1. The molecule has 240 valence electrons. The van der Waals surface area contributed by atoms with Crippen molar-refractivity contribution >= 4 is 60.9 Å². The maximum atomic E-state index is 6.74. The Morgan fingerprint density at radius 1 is 0.451 bits per heavy atom. The summed E-state index contributed by atoms with van der Waals surface area (Å²) in [5.74, 6) is 2.69. The van der Waals surface area contributed by atoms with E-state index in [1.54, 1.807) is 0 Å². The number of allylic oxidation sites excluding steroid dienone is 1. The highest BCUT2D eigenvalue weighted by Crippen LogP contribution is 2.42. The molecule has 0 radical (unpaired) electrons. The lowest BCUT2D eigenvalue weighted by atomic mass is 9.97. The van der Waals surface area contributed by atoms with E-state index in [1.807, 2.05) is 72.8 Å². The van der Waals surface area contributed by atoms with Gasteiger partial charge in [-0.3, -0.25) is 0 Å². The number of fused-ring (bicyclic) bond motifs is 9. The first-order valence-electron chi connectivity index (χ1n) is 17.2. The fourth-order valence-corrected chi connectivity index (χ4v) is 7.62. The summed E-state index contributed by atoms with van der Waals surface area (Å²) in [7, 11) is 0. The van der Waals surface area contributed by atoms with Crippen LogP contribution in [0.25, 0.3) is 106 Å². The molecule has 4 heterocycles. The van der Waals surface area contributed by atoms with Crippen molar-refractivity contribution < 1.29 is 13.3 Å². The number of nitrogens with zero attached hydrogens (tertiary/aromatic N) is 3. The van der Waals surface area contributed by atoms with E-state index in [9.17, 15) is 0 Å². The van der Waals surface area contributed by atoms with E-state index < -0.39 is 0 Å². The molecule has 11 rings (SSSR count). The Kier molecular flexibility index (Phi) is 5.98. The highest BCUT2D eigenvalue weighted by Gasteiger charge is 2.20. The summed E-state index contributed by atoms with van der Waals surface area (Å²) in [6, 6.07) is 43.2. The average Bonchev–Trinajstić information content (AvgIpc) is 3.88. The number of benzene rings is 6. The van der Waals surface area contributed by atoms with Crippen LogP contribution in [0.2, 0.25) is 0 Å². The minimum atomic E-state index is 0.567. The molecule has 0 spiro atoms. The van der Waals surface area contributed by atoms with Gasteiger partial charge in [0.15, 0.2) is 17.5 Å². The van der Waals surface area contributed by atoms with E-state index in [2.05, 4.69) is 66.7 Å². The number of aromatic nitrogens is 3. The van der Waals surface area contributed by atoms with Crippen LogP contribution >= 0.6 is 0 Å². The van der Waals surface area contributed by atoms with Gasteiger partial charge in [-0.1, -0.05) is 103 Å². The maximum absolute atomic E-state index is 6.74. The third-order valence-electron chi connectivity index (χ3n) is 10.0. The molecule has 1 aliphatic rings. The summed E-state index contributed by atoms with van der Waals surface area (Å²) in [5, 5.41) is 5.38. The topological polar surface area (TPSA) is 78.1 Å². The largest absolute Gasteiger partial charge is 0.456 e. The van der Waals surface area contributed by atoms with Crippen LogP contribution in [0.1, 0.15) is 17.7 Å². The highest BCUT2D eigenvalue weighted by atomic mass is 16.3. The van der Waals surface area contributed by atoms with Gasteiger partial charge < -0.3 is 13.3 Å². The summed E-state index contributed by atoms with van der Waals surface area (Å²) >= 11 is 0. The van der Waals surface area contributed by atoms with Crippen molar-refractivity contribution in [1.82, 2.24) is 15.0 Å². The Hall–Kier alpha value is -6.79. The van der Waals surface area contributed by atoms with Crippen LogP contribution in [0.15, 0.2) is 147 Å². The standard InChI is InChI=1S/C45H27N3O3/c1-2-10-26(11-3-1)43-46-44(27-20-22-30-29-12-4-6-17-36(29)50-39(30)24-27)48-45(47-43)28-21-23-31-33-15-8-16-34(42(33)51-40(31)25-28)32-14-9-19-38-41(32)35-13-5-7-18-37(35)49-38/h1-3,5-11,13-25H,4,12H2. The van der Waals surface area contributed by atoms with Gasteiger partial charge in [-0.15, -0.1) is 0 Å². The summed E-state index contributed by atoms with van der Waals surface area (Å²) in [6.07, 6.45) is 6.24. The monoisotopic (exact) mass is 657 g/mol. The van der Waals surface area contributed by atoms with Gasteiger partial charge in [0.25, 0.3) is 0 Å². The lowest BCUT2D eigenvalue weighted by Gasteiger charge is -2.08. The zero-order valence-electron chi connectivity index (χ0n) is 27.3. The molecule has 0 fully saturated rings. The molecule has 0 bridgehead atoms. The Morgan fingerprint density at radius 2 is 1.12 bits per heavy atom. The van der Waals surface area contributed by atoms with Gasteiger partial charge in [-0.2, -0.15) is 0 Å². The summed E-state index contributed by atoms with van der Waals surface area (Å²) < 4.78 is 19.2. The van der Waals surface area contributed by atoms with E-state index in [4.69, 9.17) is 28.2 Å². The van der Waals surface area contributed by atoms with Crippen LogP contribution in [0.3, 0.4) is 0 Å². The van der Waals surface area contributed by atoms with Crippen LogP contribution in [0.4, 0.5) is 0 Å². The van der Waals surface area contributed by atoms with Crippen molar-refractivity contribution in [1.29, 1.82) is 0 Å². The van der Waals surface area contributed by atoms with Gasteiger partial charge in [0, 0.05) is 54.7 Å². The van der Waals surface area contributed by atoms with E-state index in [1.165, 1.54) is 5.56 Å². The van der Waals surface area contributed by atoms with Gasteiger partial charge in [-0.05, 0) is 54.8 Å². The lowest BCUT2D eigenvalue weighted by Crippen LogP contribution is -2.00. The smallest absolute Gasteiger partial charge is 0.164 e. The van der Waals surface area contributed by atoms with Gasteiger partial charge in [0.05, 0.1) is 0 Å². The summed E-state index contributed by atoms with van der Waals surface area (Å²) in [4.78, 5) is 15.0. The van der Waals surface area contributed by atoms with Crippen LogP contribution in [0.5, 0.6) is 0 Å². The van der Waals surface area contributed by atoms with Crippen LogP contribution in [-0.4, -0.2) is 15.0 Å². The number of para-hydroxylation sites is 2. The molecule has 1 aliphatic carbocycles. The van der Waals surface area contributed by atoms with E-state index in [0.717, 1.165) is 101 Å². The molecule has 6 nitrogen and oxygen atoms in total. The van der Waals surface area contributed by atoms with E-state index in [0.29, 0.717) is 17.5 Å². The zero-order chi connectivity index (χ0) is 33.5. The molecule has 0 unspecified atom stereocenters. The van der Waals surface area contributed by atoms with Crippen LogP contribution in [-0.2, 0) is 6.42 Å². The summed E-state index contributed by atoms with van der Waals surface area (Å²) in [5.41, 5.74) is 10.1. The van der Waals surface area contributed by atoms with Gasteiger partial charge in [-0.25, -0.2) is 15.0 Å². The first-order chi connectivity index (χ1) is 25.2. The molecular weight excluding hydrogens is 631 g/mol. The van der Waals surface area contributed by atoms with Gasteiger partial charge >= 0.3 is 0 Å². The summed E-state index contributed by atoms with van der Waals surface area (Å²) in [6.45, 7) is 0. The molecule has 0 aliphatic heterocycles. The molecule has 0 saturated heterocycles. The molecule has 0 N–H and O–H groups in total. The highest BCUT2D eigenvalue weighted by molar-refractivity contribution is 6.17. The number of furan rings is 3. The molecule has 51 heavy (non-hydrogen) atoms. The Labute approximate surface area is 291 Å². The zero-order valence-corrected chi connectivity index (χ0v) is 27.3. The second-order valence-electron chi connectivity index (χ2n) is 13.0. The minimum absolute atomic E-state index is 0.567.